The predicted molar refractivity (Wildman–Crippen MR) is 81.7 cm³/mol. The lowest BCUT2D eigenvalue weighted by molar-refractivity contribution is 0.201. The van der Waals surface area contributed by atoms with E-state index in [1.54, 1.807) is 11.1 Å². The standard InChI is InChI=1S/C18H27N/c1-14-8-9-16-13-17-7-5-3-4-6-15(18(16)12-14)10-11-19(17)2/h8-9,12,15,17H,3-7,10-11,13H2,1-2H3. The van der Waals surface area contributed by atoms with E-state index in [1.165, 1.54) is 57.1 Å². The Bertz CT molecular complexity index is 437. The van der Waals surface area contributed by atoms with Crippen LogP contribution < -0.4 is 0 Å². The molecule has 1 aromatic rings. The molecule has 0 spiro atoms. The van der Waals surface area contributed by atoms with Crippen LogP contribution in [0.3, 0.4) is 0 Å². The molecule has 0 aromatic heterocycles. The van der Waals surface area contributed by atoms with Gasteiger partial charge in [-0.1, -0.05) is 43.0 Å². The summed E-state index contributed by atoms with van der Waals surface area (Å²) in [4.78, 5) is 2.63. The lowest BCUT2D eigenvalue weighted by atomic mass is 9.81. The van der Waals surface area contributed by atoms with Crippen LogP contribution in [0, 0.1) is 6.92 Å². The lowest BCUT2D eigenvalue weighted by Gasteiger charge is -2.35. The molecule has 1 aliphatic carbocycles. The molecule has 0 N–H and O–H groups in total. The Balaban J connectivity index is 2.01. The highest BCUT2D eigenvalue weighted by Gasteiger charge is 2.25. The largest absolute Gasteiger partial charge is 0.303 e. The molecule has 1 saturated heterocycles. The first kappa shape index (κ1) is 13.2. The Hall–Kier alpha value is -0.820. The van der Waals surface area contributed by atoms with Crippen LogP contribution in [0.4, 0.5) is 0 Å². The molecule has 1 nitrogen and oxygen atoms in total. The summed E-state index contributed by atoms with van der Waals surface area (Å²) in [6, 6.07) is 7.95. The maximum absolute atomic E-state index is 2.63. The Morgan fingerprint density at radius 1 is 1.05 bits per heavy atom. The number of benzene rings is 1. The molecule has 2 atom stereocenters. The Labute approximate surface area is 118 Å². The molecule has 1 aromatic carbocycles. The molecule has 2 bridgehead atoms. The van der Waals surface area contributed by atoms with E-state index in [0.717, 1.165) is 12.0 Å². The molecule has 2 unspecified atom stereocenters. The van der Waals surface area contributed by atoms with Crippen molar-refractivity contribution in [2.24, 2.45) is 0 Å². The van der Waals surface area contributed by atoms with Crippen LogP contribution in [0.15, 0.2) is 18.2 Å². The van der Waals surface area contributed by atoms with Gasteiger partial charge in [-0.15, -0.1) is 0 Å². The van der Waals surface area contributed by atoms with Crippen LogP contribution in [0.25, 0.3) is 0 Å². The quantitative estimate of drug-likeness (QED) is 0.670. The molecule has 104 valence electrons. The molecule has 0 amide bonds. The van der Waals surface area contributed by atoms with Gasteiger partial charge in [-0.05, 0) is 63.2 Å². The van der Waals surface area contributed by atoms with Crippen molar-refractivity contribution in [2.75, 3.05) is 13.6 Å². The second-order valence-electron chi connectivity index (χ2n) is 6.66. The van der Waals surface area contributed by atoms with Crippen LogP contribution in [0.5, 0.6) is 0 Å². The number of fused-ring (bicyclic) bond motifs is 6. The van der Waals surface area contributed by atoms with Gasteiger partial charge in [0.2, 0.25) is 0 Å². The van der Waals surface area contributed by atoms with Crippen molar-refractivity contribution in [3.8, 4) is 0 Å². The van der Waals surface area contributed by atoms with E-state index in [4.69, 9.17) is 0 Å². The maximum atomic E-state index is 2.63. The van der Waals surface area contributed by atoms with E-state index in [9.17, 15) is 0 Å². The first-order valence-corrected chi connectivity index (χ1v) is 8.03. The SMILES string of the molecule is Cc1ccc2c(c1)C1CCCCCC(C2)N(C)CC1. The number of rotatable bonds is 0. The average molecular weight is 257 g/mol. The van der Waals surface area contributed by atoms with E-state index in [-0.39, 0.29) is 0 Å². The van der Waals surface area contributed by atoms with Crippen molar-refractivity contribution >= 4 is 0 Å². The second-order valence-corrected chi connectivity index (χ2v) is 6.66. The summed E-state index contributed by atoms with van der Waals surface area (Å²) in [6.45, 7) is 3.52. The van der Waals surface area contributed by atoms with Gasteiger partial charge in [-0.3, -0.25) is 0 Å². The molecule has 1 fully saturated rings. The van der Waals surface area contributed by atoms with E-state index < -0.39 is 0 Å². The number of hydrogen-bond acceptors (Lipinski definition) is 1. The molecule has 2 heterocycles. The van der Waals surface area contributed by atoms with Crippen LogP contribution in [0.2, 0.25) is 0 Å². The first-order chi connectivity index (χ1) is 9.24. The second kappa shape index (κ2) is 5.66. The van der Waals surface area contributed by atoms with Crippen molar-refractivity contribution in [1.82, 2.24) is 4.90 Å². The van der Waals surface area contributed by atoms with E-state index in [2.05, 4.69) is 37.1 Å². The number of nitrogens with zero attached hydrogens (tertiary/aromatic N) is 1. The fourth-order valence-electron chi connectivity index (χ4n) is 3.96. The average Bonchev–Trinajstić information content (AvgIpc) is 2.41. The normalized spacial score (nSPS) is 28.7. The third-order valence-electron chi connectivity index (χ3n) is 5.24. The predicted octanol–water partition coefficient (Wildman–Crippen LogP) is 4.29. The third-order valence-corrected chi connectivity index (χ3v) is 5.24. The van der Waals surface area contributed by atoms with E-state index in [1.807, 2.05) is 0 Å². The molecule has 1 heteroatoms. The first-order valence-electron chi connectivity index (χ1n) is 8.03. The van der Waals surface area contributed by atoms with Crippen molar-refractivity contribution in [1.29, 1.82) is 0 Å². The molecule has 3 aliphatic rings. The highest BCUT2D eigenvalue weighted by Crippen LogP contribution is 2.35. The minimum atomic E-state index is 0.764. The lowest BCUT2D eigenvalue weighted by Crippen LogP contribution is -2.37. The highest BCUT2D eigenvalue weighted by molar-refractivity contribution is 5.35. The molecule has 2 aliphatic heterocycles. The zero-order valence-electron chi connectivity index (χ0n) is 12.5. The van der Waals surface area contributed by atoms with Gasteiger partial charge in [-0.25, -0.2) is 0 Å². The van der Waals surface area contributed by atoms with Gasteiger partial charge in [0.15, 0.2) is 0 Å². The van der Waals surface area contributed by atoms with Gasteiger partial charge in [0.25, 0.3) is 0 Å². The highest BCUT2D eigenvalue weighted by atomic mass is 15.1. The Kier molecular flexibility index (Phi) is 3.93. The number of hydrogen-bond donors (Lipinski definition) is 0. The summed E-state index contributed by atoms with van der Waals surface area (Å²) < 4.78 is 0. The van der Waals surface area contributed by atoms with Gasteiger partial charge >= 0.3 is 0 Å². The molecule has 19 heavy (non-hydrogen) atoms. The number of likely N-dealkylation sites (N-methyl/N-ethyl adjacent to an activating group) is 1. The van der Waals surface area contributed by atoms with Crippen LogP contribution >= 0.6 is 0 Å². The summed E-state index contributed by atoms with van der Waals surface area (Å²) >= 11 is 0. The van der Waals surface area contributed by atoms with Gasteiger partial charge in [-0.2, -0.15) is 0 Å². The maximum Gasteiger partial charge on any atom is 0.0133 e. The minimum Gasteiger partial charge on any atom is -0.303 e. The van der Waals surface area contributed by atoms with Gasteiger partial charge in [0.05, 0.1) is 0 Å². The van der Waals surface area contributed by atoms with Crippen LogP contribution in [-0.4, -0.2) is 24.5 Å². The molecule has 0 radical (unpaired) electrons. The zero-order chi connectivity index (χ0) is 13.2. The monoisotopic (exact) mass is 257 g/mol. The summed E-state index contributed by atoms with van der Waals surface area (Å²) in [5.74, 6) is 0.802. The van der Waals surface area contributed by atoms with E-state index in [0.29, 0.717) is 0 Å². The van der Waals surface area contributed by atoms with Gasteiger partial charge in [0.1, 0.15) is 0 Å². The molecular formula is C18H27N. The van der Waals surface area contributed by atoms with Crippen LogP contribution in [-0.2, 0) is 6.42 Å². The topological polar surface area (TPSA) is 3.24 Å². The third kappa shape index (κ3) is 2.86. The van der Waals surface area contributed by atoms with Crippen molar-refractivity contribution in [3.05, 3.63) is 34.9 Å². The van der Waals surface area contributed by atoms with Crippen molar-refractivity contribution in [2.45, 2.75) is 63.8 Å². The summed E-state index contributed by atoms with van der Waals surface area (Å²) in [5.41, 5.74) is 4.75. The van der Waals surface area contributed by atoms with Crippen LogP contribution in [0.1, 0.15) is 61.1 Å². The molecular weight excluding hydrogens is 230 g/mol. The van der Waals surface area contributed by atoms with Crippen molar-refractivity contribution in [3.63, 3.8) is 0 Å². The Morgan fingerprint density at radius 2 is 1.89 bits per heavy atom. The summed E-state index contributed by atoms with van der Waals surface area (Å²) in [6.07, 6.45) is 9.68. The van der Waals surface area contributed by atoms with E-state index >= 15 is 0 Å². The van der Waals surface area contributed by atoms with Gasteiger partial charge < -0.3 is 4.90 Å². The zero-order valence-corrected chi connectivity index (χ0v) is 12.5. The van der Waals surface area contributed by atoms with Gasteiger partial charge in [0, 0.05) is 6.04 Å². The summed E-state index contributed by atoms with van der Waals surface area (Å²) in [7, 11) is 2.34. The van der Waals surface area contributed by atoms with Crippen molar-refractivity contribution < 1.29 is 0 Å². The fourth-order valence-corrected chi connectivity index (χ4v) is 3.96. The Morgan fingerprint density at radius 3 is 2.79 bits per heavy atom. The molecule has 4 rings (SSSR count). The minimum absolute atomic E-state index is 0.764. The molecule has 0 saturated carbocycles. The number of aryl methyl sites for hydroxylation is 1. The fraction of sp³-hybridized carbons (Fsp3) is 0.667. The summed E-state index contributed by atoms with van der Waals surface area (Å²) in [5, 5.41) is 0. The smallest absolute Gasteiger partial charge is 0.0133 e.